The minimum Gasteiger partial charge on any atom is -0.493 e. The number of hydrogen-bond acceptors (Lipinski definition) is 4. The van der Waals surface area contributed by atoms with Crippen LogP contribution in [-0.2, 0) is 6.54 Å². The average Bonchev–Trinajstić information content (AvgIpc) is 2.42. The van der Waals surface area contributed by atoms with Gasteiger partial charge in [-0.15, -0.1) is 0 Å². The van der Waals surface area contributed by atoms with Crippen LogP contribution in [0.1, 0.15) is 25.8 Å². The van der Waals surface area contributed by atoms with Crippen LogP contribution in [0.3, 0.4) is 0 Å². The van der Waals surface area contributed by atoms with Crippen LogP contribution in [0, 0.1) is 0 Å². The Bertz CT molecular complexity index is 355. The lowest BCUT2D eigenvalue weighted by Crippen LogP contribution is -2.24. The summed E-state index contributed by atoms with van der Waals surface area (Å²) in [6.45, 7) is 5.41. The molecule has 1 unspecified atom stereocenters. The smallest absolute Gasteiger partial charge is 0.161 e. The van der Waals surface area contributed by atoms with Crippen LogP contribution in [0.25, 0.3) is 0 Å². The molecule has 0 spiro atoms. The van der Waals surface area contributed by atoms with Crippen molar-refractivity contribution in [1.29, 1.82) is 0 Å². The van der Waals surface area contributed by atoms with E-state index in [1.807, 2.05) is 18.2 Å². The molecule has 0 aliphatic carbocycles. The van der Waals surface area contributed by atoms with E-state index in [1.54, 1.807) is 7.11 Å². The van der Waals surface area contributed by atoms with Crippen molar-refractivity contribution >= 4 is 0 Å². The van der Waals surface area contributed by atoms with Gasteiger partial charge in [-0.3, -0.25) is 0 Å². The van der Waals surface area contributed by atoms with Crippen LogP contribution < -0.4 is 14.8 Å². The number of rotatable bonds is 8. The Morgan fingerprint density at radius 3 is 2.72 bits per heavy atom. The van der Waals surface area contributed by atoms with Crippen LogP contribution >= 0.6 is 0 Å². The lowest BCUT2D eigenvalue weighted by molar-refractivity contribution is 0.196. The third kappa shape index (κ3) is 4.55. The summed E-state index contributed by atoms with van der Waals surface area (Å²) in [4.78, 5) is 0. The number of aliphatic hydroxyl groups excluding tert-OH is 1. The normalized spacial score (nSPS) is 12.2. The molecule has 1 aromatic carbocycles. The van der Waals surface area contributed by atoms with Crippen molar-refractivity contribution in [1.82, 2.24) is 5.32 Å². The first-order valence-electron chi connectivity index (χ1n) is 6.35. The molecule has 0 saturated carbocycles. The highest BCUT2D eigenvalue weighted by atomic mass is 16.5. The lowest BCUT2D eigenvalue weighted by Gasteiger charge is -2.14. The van der Waals surface area contributed by atoms with Crippen LogP contribution in [0.2, 0.25) is 0 Å². The molecular formula is C14H23NO3. The molecule has 1 atom stereocenters. The minimum atomic E-state index is 0.000472. The molecule has 0 aliphatic heterocycles. The Labute approximate surface area is 109 Å². The van der Waals surface area contributed by atoms with E-state index in [2.05, 4.69) is 19.2 Å². The van der Waals surface area contributed by atoms with Crippen molar-refractivity contribution in [3.63, 3.8) is 0 Å². The zero-order valence-electron chi connectivity index (χ0n) is 11.4. The van der Waals surface area contributed by atoms with Gasteiger partial charge in [-0.2, -0.15) is 0 Å². The molecule has 0 aromatic heterocycles. The van der Waals surface area contributed by atoms with Gasteiger partial charge in [0.05, 0.1) is 13.7 Å². The van der Waals surface area contributed by atoms with Gasteiger partial charge in [-0.05, 0) is 31.0 Å². The van der Waals surface area contributed by atoms with Crippen molar-refractivity contribution in [2.75, 3.05) is 20.3 Å². The second kappa shape index (κ2) is 7.95. The van der Waals surface area contributed by atoms with Gasteiger partial charge in [-0.1, -0.05) is 13.0 Å². The highest BCUT2D eigenvalue weighted by molar-refractivity contribution is 5.42. The van der Waals surface area contributed by atoms with Crippen LogP contribution in [0.4, 0.5) is 0 Å². The van der Waals surface area contributed by atoms with Crippen molar-refractivity contribution in [3.05, 3.63) is 23.8 Å². The van der Waals surface area contributed by atoms with Gasteiger partial charge in [0.2, 0.25) is 0 Å². The molecule has 0 fully saturated rings. The van der Waals surface area contributed by atoms with E-state index in [1.165, 1.54) is 0 Å². The number of aliphatic hydroxyl groups is 1. The first-order valence-corrected chi connectivity index (χ1v) is 6.35. The van der Waals surface area contributed by atoms with Gasteiger partial charge >= 0.3 is 0 Å². The average molecular weight is 253 g/mol. The summed E-state index contributed by atoms with van der Waals surface area (Å²) in [5.41, 5.74) is 1.16. The standard InChI is InChI=1S/C14H23NO3/c1-4-11(2)15-10-12-5-6-13(18-8-7-16)14(9-12)17-3/h5-6,9,11,15-16H,4,7-8,10H2,1-3H3. The highest BCUT2D eigenvalue weighted by Crippen LogP contribution is 2.27. The van der Waals surface area contributed by atoms with E-state index in [4.69, 9.17) is 14.6 Å². The van der Waals surface area contributed by atoms with E-state index in [0.717, 1.165) is 18.5 Å². The molecule has 1 rings (SSSR count). The molecule has 0 aliphatic rings. The van der Waals surface area contributed by atoms with E-state index in [9.17, 15) is 0 Å². The fourth-order valence-electron chi connectivity index (χ4n) is 1.53. The molecule has 2 N–H and O–H groups in total. The Hall–Kier alpha value is -1.26. The van der Waals surface area contributed by atoms with Gasteiger partial charge < -0.3 is 19.9 Å². The second-order valence-electron chi connectivity index (χ2n) is 4.25. The molecule has 4 nitrogen and oxygen atoms in total. The zero-order chi connectivity index (χ0) is 13.4. The molecule has 0 bridgehead atoms. The van der Waals surface area contributed by atoms with Crippen LogP contribution in [-0.4, -0.2) is 31.5 Å². The van der Waals surface area contributed by atoms with Gasteiger partial charge in [0.1, 0.15) is 6.61 Å². The van der Waals surface area contributed by atoms with Crippen molar-refractivity contribution in [2.45, 2.75) is 32.9 Å². The SMILES string of the molecule is CCC(C)NCc1ccc(OCCO)c(OC)c1. The molecule has 4 heteroatoms. The predicted octanol–water partition coefficient (Wildman–Crippen LogP) is 1.95. The number of nitrogens with one attached hydrogen (secondary N) is 1. The number of methoxy groups -OCH3 is 1. The molecular weight excluding hydrogens is 230 g/mol. The molecule has 0 radical (unpaired) electrons. The first kappa shape index (κ1) is 14.8. The van der Waals surface area contributed by atoms with E-state index in [-0.39, 0.29) is 13.2 Å². The monoisotopic (exact) mass is 253 g/mol. The third-order valence-corrected chi connectivity index (χ3v) is 2.84. The maximum Gasteiger partial charge on any atom is 0.161 e. The summed E-state index contributed by atoms with van der Waals surface area (Å²) >= 11 is 0. The molecule has 0 saturated heterocycles. The summed E-state index contributed by atoms with van der Waals surface area (Å²) in [5, 5.41) is 12.2. The maximum atomic E-state index is 8.74. The van der Waals surface area contributed by atoms with E-state index in [0.29, 0.717) is 17.5 Å². The van der Waals surface area contributed by atoms with Crippen LogP contribution in [0.15, 0.2) is 18.2 Å². The lowest BCUT2D eigenvalue weighted by atomic mass is 10.2. The number of benzene rings is 1. The molecule has 0 heterocycles. The van der Waals surface area contributed by atoms with Crippen molar-refractivity contribution in [2.24, 2.45) is 0 Å². The van der Waals surface area contributed by atoms with Crippen LogP contribution in [0.5, 0.6) is 11.5 Å². The predicted molar refractivity (Wildman–Crippen MR) is 72.2 cm³/mol. The van der Waals surface area contributed by atoms with E-state index >= 15 is 0 Å². The van der Waals surface area contributed by atoms with Crippen molar-refractivity contribution < 1.29 is 14.6 Å². The summed E-state index contributed by atoms with van der Waals surface area (Å²) in [6, 6.07) is 6.34. The minimum absolute atomic E-state index is 0.000472. The van der Waals surface area contributed by atoms with E-state index < -0.39 is 0 Å². The summed E-state index contributed by atoms with van der Waals surface area (Å²) in [6.07, 6.45) is 1.11. The fourth-order valence-corrected chi connectivity index (χ4v) is 1.53. The molecule has 1 aromatic rings. The fraction of sp³-hybridized carbons (Fsp3) is 0.571. The Kier molecular flexibility index (Phi) is 6.54. The van der Waals surface area contributed by atoms with Gasteiger partial charge in [0, 0.05) is 12.6 Å². The van der Waals surface area contributed by atoms with Crippen molar-refractivity contribution in [3.8, 4) is 11.5 Å². The number of ether oxygens (including phenoxy) is 2. The first-order chi connectivity index (χ1) is 8.71. The van der Waals surface area contributed by atoms with Gasteiger partial charge in [0.15, 0.2) is 11.5 Å². The third-order valence-electron chi connectivity index (χ3n) is 2.84. The molecule has 18 heavy (non-hydrogen) atoms. The summed E-state index contributed by atoms with van der Waals surface area (Å²) in [7, 11) is 1.62. The maximum absolute atomic E-state index is 8.74. The molecule has 102 valence electrons. The Balaban J connectivity index is 2.66. The Morgan fingerprint density at radius 2 is 2.11 bits per heavy atom. The second-order valence-corrected chi connectivity index (χ2v) is 4.25. The topological polar surface area (TPSA) is 50.7 Å². The zero-order valence-corrected chi connectivity index (χ0v) is 11.4. The van der Waals surface area contributed by atoms with Gasteiger partial charge in [0.25, 0.3) is 0 Å². The largest absolute Gasteiger partial charge is 0.493 e. The highest BCUT2D eigenvalue weighted by Gasteiger charge is 2.06. The summed E-state index contributed by atoms with van der Waals surface area (Å²) < 4.78 is 10.7. The molecule has 0 amide bonds. The number of hydrogen-bond donors (Lipinski definition) is 2. The summed E-state index contributed by atoms with van der Waals surface area (Å²) in [5.74, 6) is 1.37. The quantitative estimate of drug-likeness (QED) is 0.743. The Morgan fingerprint density at radius 1 is 1.33 bits per heavy atom. The van der Waals surface area contributed by atoms with Gasteiger partial charge in [-0.25, -0.2) is 0 Å².